The number of hydrogen-bond acceptors (Lipinski definition) is 3. The number of pyridine rings is 1. The Morgan fingerprint density at radius 2 is 2.00 bits per heavy atom. The van der Waals surface area contributed by atoms with Gasteiger partial charge in [0.15, 0.2) is 0 Å². The van der Waals surface area contributed by atoms with Crippen LogP contribution in [0.1, 0.15) is 49.0 Å². The highest BCUT2D eigenvalue weighted by atomic mass is 16.2. The van der Waals surface area contributed by atoms with Gasteiger partial charge in [-0.2, -0.15) is 0 Å². The van der Waals surface area contributed by atoms with Crippen LogP contribution >= 0.6 is 0 Å². The minimum Gasteiger partial charge on any atom is -0.334 e. The minimum absolute atomic E-state index is 0.0242. The van der Waals surface area contributed by atoms with Crippen LogP contribution < -0.4 is 10.9 Å². The summed E-state index contributed by atoms with van der Waals surface area (Å²) in [4.78, 5) is 40.4. The van der Waals surface area contributed by atoms with E-state index in [-0.39, 0.29) is 23.4 Å². The molecule has 6 heteroatoms. The van der Waals surface area contributed by atoms with Gasteiger partial charge in [0.2, 0.25) is 5.91 Å². The first-order valence-electron chi connectivity index (χ1n) is 9.95. The molecule has 1 aromatic heterocycles. The fourth-order valence-electron chi connectivity index (χ4n) is 4.79. The highest BCUT2D eigenvalue weighted by Gasteiger charge is 2.58. The van der Waals surface area contributed by atoms with Crippen molar-refractivity contribution in [3.8, 4) is 0 Å². The molecule has 0 saturated carbocycles. The van der Waals surface area contributed by atoms with Crippen LogP contribution in [0.25, 0.3) is 0 Å². The van der Waals surface area contributed by atoms with Gasteiger partial charge in [-0.1, -0.05) is 31.5 Å². The molecule has 3 heterocycles. The molecular weight excluding hydrogens is 354 g/mol. The normalized spacial score (nSPS) is 23.1. The number of nitrogens with zero attached hydrogens (tertiary/aromatic N) is 2. The molecule has 1 fully saturated rings. The highest BCUT2D eigenvalue weighted by Crippen LogP contribution is 2.49. The van der Waals surface area contributed by atoms with Crippen molar-refractivity contribution < 1.29 is 9.59 Å². The molecule has 0 radical (unpaired) electrons. The number of amides is 2. The third-order valence-corrected chi connectivity index (χ3v) is 6.16. The zero-order valence-electron chi connectivity index (χ0n) is 16.3. The minimum atomic E-state index is -0.708. The Labute approximate surface area is 164 Å². The summed E-state index contributed by atoms with van der Waals surface area (Å²) in [5.41, 5.74) is 1.32. The Kier molecular flexibility index (Phi) is 4.57. The van der Waals surface area contributed by atoms with Gasteiger partial charge in [-0.05, 0) is 37.5 Å². The lowest BCUT2D eigenvalue weighted by Crippen LogP contribution is -2.48. The van der Waals surface area contributed by atoms with E-state index in [1.165, 1.54) is 6.07 Å². The second-order valence-corrected chi connectivity index (χ2v) is 7.56. The Morgan fingerprint density at radius 3 is 2.71 bits per heavy atom. The van der Waals surface area contributed by atoms with Crippen molar-refractivity contribution in [1.29, 1.82) is 0 Å². The quantitative estimate of drug-likeness (QED) is 0.888. The number of anilines is 1. The van der Waals surface area contributed by atoms with Gasteiger partial charge in [-0.3, -0.25) is 14.4 Å². The van der Waals surface area contributed by atoms with E-state index in [1.807, 2.05) is 31.2 Å². The van der Waals surface area contributed by atoms with Crippen LogP contribution in [0.5, 0.6) is 0 Å². The van der Waals surface area contributed by atoms with Gasteiger partial charge < -0.3 is 14.8 Å². The van der Waals surface area contributed by atoms with Gasteiger partial charge in [-0.25, -0.2) is 0 Å². The number of aryl methyl sites for hydroxylation is 1. The third kappa shape index (κ3) is 2.58. The molecular formula is C22H25N3O3. The van der Waals surface area contributed by atoms with E-state index in [4.69, 9.17) is 0 Å². The number of hydrogen-bond donors (Lipinski definition) is 1. The molecule has 1 aromatic carbocycles. The number of nitrogens with one attached hydrogen (secondary N) is 1. The standard InChI is InChI=1S/C22H25N3O3/c1-3-7-18-22(16-8-5-6-9-17(16)23-21(22)28)11-13-25(18)20(27)15-10-12-24(4-2)19(26)14-15/h5-6,8-10,12,14,18H,3-4,7,11,13H2,1-2H3,(H,23,28)/t18-,22+/m0/s1. The van der Waals surface area contributed by atoms with Gasteiger partial charge >= 0.3 is 0 Å². The van der Waals surface area contributed by atoms with E-state index in [0.29, 0.717) is 25.1 Å². The van der Waals surface area contributed by atoms with Gasteiger partial charge in [0.1, 0.15) is 0 Å². The Morgan fingerprint density at radius 1 is 1.21 bits per heavy atom. The predicted octanol–water partition coefficient (Wildman–Crippen LogP) is 2.77. The number of benzene rings is 1. The molecule has 4 rings (SSSR count). The van der Waals surface area contributed by atoms with Crippen molar-refractivity contribution in [3.63, 3.8) is 0 Å². The lowest BCUT2D eigenvalue weighted by Gasteiger charge is -2.34. The second-order valence-electron chi connectivity index (χ2n) is 7.56. The first-order valence-corrected chi connectivity index (χ1v) is 9.95. The molecule has 146 valence electrons. The predicted molar refractivity (Wildman–Crippen MR) is 107 cm³/mol. The molecule has 1 saturated heterocycles. The molecule has 2 amide bonds. The van der Waals surface area contributed by atoms with Crippen LogP contribution in [-0.4, -0.2) is 33.9 Å². The Balaban J connectivity index is 1.74. The van der Waals surface area contributed by atoms with Crippen molar-refractivity contribution in [1.82, 2.24) is 9.47 Å². The number of para-hydroxylation sites is 1. The van der Waals surface area contributed by atoms with E-state index in [2.05, 4.69) is 12.2 Å². The van der Waals surface area contributed by atoms with Gasteiger partial charge in [0.05, 0.1) is 11.5 Å². The number of rotatable bonds is 4. The summed E-state index contributed by atoms with van der Waals surface area (Å²) in [6, 6.07) is 10.6. The average Bonchev–Trinajstić information content (AvgIpc) is 3.21. The van der Waals surface area contributed by atoms with Gasteiger partial charge in [-0.15, -0.1) is 0 Å². The topological polar surface area (TPSA) is 71.4 Å². The molecule has 0 unspecified atom stereocenters. The van der Waals surface area contributed by atoms with E-state index in [0.717, 1.165) is 24.1 Å². The van der Waals surface area contributed by atoms with Crippen molar-refractivity contribution in [2.75, 3.05) is 11.9 Å². The Bertz CT molecular complexity index is 997. The van der Waals surface area contributed by atoms with Crippen LogP contribution in [0.3, 0.4) is 0 Å². The van der Waals surface area contributed by atoms with Crippen molar-refractivity contribution >= 4 is 17.5 Å². The number of aromatic nitrogens is 1. The van der Waals surface area contributed by atoms with Gasteiger partial charge in [0.25, 0.3) is 11.5 Å². The molecule has 2 aliphatic rings. The molecule has 1 N–H and O–H groups in total. The summed E-state index contributed by atoms with van der Waals surface area (Å²) >= 11 is 0. The fraction of sp³-hybridized carbons (Fsp3) is 0.409. The number of carbonyl (C=O) groups is 2. The zero-order chi connectivity index (χ0) is 19.9. The van der Waals surface area contributed by atoms with Crippen LogP contribution in [0.4, 0.5) is 5.69 Å². The summed E-state index contributed by atoms with van der Waals surface area (Å²) in [5, 5.41) is 3.01. The molecule has 2 aliphatic heterocycles. The van der Waals surface area contributed by atoms with E-state index >= 15 is 0 Å². The largest absolute Gasteiger partial charge is 0.334 e. The number of fused-ring (bicyclic) bond motifs is 2. The van der Waals surface area contributed by atoms with E-state index in [1.54, 1.807) is 21.7 Å². The summed E-state index contributed by atoms with van der Waals surface area (Å²) in [5.74, 6) is -0.197. The molecule has 2 aromatic rings. The van der Waals surface area contributed by atoms with Crippen molar-refractivity contribution in [3.05, 3.63) is 64.1 Å². The Hall–Kier alpha value is -2.89. The molecule has 0 aliphatic carbocycles. The summed E-state index contributed by atoms with van der Waals surface area (Å²) in [6.45, 7) is 5.02. The monoisotopic (exact) mass is 379 g/mol. The van der Waals surface area contributed by atoms with Gasteiger partial charge in [0, 0.05) is 36.6 Å². The van der Waals surface area contributed by atoms with Crippen molar-refractivity contribution in [2.24, 2.45) is 0 Å². The van der Waals surface area contributed by atoms with Crippen LogP contribution in [0.2, 0.25) is 0 Å². The lowest BCUT2D eigenvalue weighted by atomic mass is 9.73. The molecule has 6 nitrogen and oxygen atoms in total. The first-order chi connectivity index (χ1) is 13.5. The van der Waals surface area contributed by atoms with Crippen LogP contribution in [0.15, 0.2) is 47.4 Å². The van der Waals surface area contributed by atoms with Crippen LogP contribution in [0, 0.1) is 0 Å². The molecule has 2 atom stereocenters. The third-order valence-electron chi connectivity index (χ3n) is 6.16. The lowest BCUT2D eigenvalue weighted by molar-refractivity contribution is -0.121. The zero-order valence-corrected chi connectivity index (χ0v) is 16.3. The average molecular weight is 379 g/mol. The van der Waals surface area contributed by atoms with E-state index in [9.17, 15) is 14.4 Å². The second kappa shape index (κ2) is 6.93. The maximum absolute atomic E-state index is 13.3. The summed E-state index contributed by atoms with van der Waals surface area (Å²) in [7, 11) is 0. The molecule has 28 heavy (non-hydrogen) atoms. The smallest absolute Gasteiger partial charge is 0.254 e. The highest BCUT2D eigenvalue weighted by molar-refractivity contribution is 6.08. The summed E-state index contributed by atoms with van der Waals surface area (Å²) in [6.07, 6.45) is 3.86. The van der Waals surface area contributed by atoms with Crippen LogP contribution in [-0.2, 0) is 16.8 Å². The maximum Gasteiger partial charge on any atom is 0.254 e. The molecule has 0 bridgehead atoms. The van der Waals surface area contributed by atoms with Crippen molar-refractivity contribution in [2.45, 2.75) is 51.1 Å². The molecule has 1 spiro atoms. The summed E-state index contributed by atoms with van der Waals surface area (Å²) < 4.78 is 1.56. The SMILES string of the molecule is CCC[C@@H]1N(C(=O)c2ccn(CC)c(=O)c2)CC[C@]12C(=O)Nc1ccccc12. The van der Waals surface area contributed by atoms with E-state index < -0.39 is 5.41 Å². The number of carbonyl (C=O) groups excluding carboxylic acids is 2. The fourth-order valence-corrected chi connectivity index (χ4v) is 4.79. The number of likely N-dealkylation sites (tertiary alicyclic amines) is 1. The first kappa shape index (κ1) is 18.5. The maximum atomic E-state index is 13.3.